The molecule has 2 heterocycles. The molecule has 0 spiro atoms. The van der Waals surface area contributed by atoms with Crippen LogP contribution in [0.15, 0.2) is 41.9 Å². The van der Waals surface area contributed by atoms with Gasteiger partial charge in [0.05, 0.1) is 28.2 Å². The second-order valence-corrected chi connectivity index (χ2v) is 15.9. The molecule has 0 aliphatic carbocycles. The second-order valence-electron chi connectivity index (χ2n) is 15.0. The van der Waals surface area contributed by atoms with E-state index in [9.17, 15) is 24.3 Å². The third kappa shape index (κ3) is 11.9. The van der Waals surface area contributed by atoms with Gasteiger partial charge in [0.25, 0.3) is 0 Å². The Labute approximate surface area is 327 Å². The van der Waals surface area contributed by atoms with Crippen molar-refractivity contribution in [2.75, 3.05) is 13.2 Å². The third-order valence-electron chi connectivity index (χ3n) is 9.38. The summed E-state index contributed by atoms with van der Waals surface area (Å²) < 4.78 is 21.0. The van der Waals surface area contributed by atoms with Gasteiger partial charge in [0.2, 0.25) is 23.6 Å². The maximum Gasteiger partial charge on any atom is 0.246 e. The van der Waals surface area contributed by atoms with Gasteiger partial charge in [-0.25, -0.2) is 9.37 Å². The summed E-state index contributed by atoms with van der Waals surface area (Å²) in [6, 6.07) is 8.38. The number of halogens is 2. The molecule has 1 saturated heterocycles. The molecule has 0 radical (unpaired) electrons. The lowest BCUT2D eigenvalue weighted by Crippen LogP contribution is -2.57. The third-order valence-corrected chi connectivity index (χ3v) is 10.4. The number of thiazole rings is 1. The number of β-amino-alcohol motifs (C(OH)–C–C–N with tert-alkyl or cyclic N) is 1. The number of carbonyl (C=O) groups is 4. The molecule has 0 unspecified atom stereocenters. The van der Waals surface area contributed by atoms with Gasteiger partial charge in [0, 0.05) is 31.8 Å². The molecule has 0 bridgehead atoms. The molecule has 2 aromatic carbocycles. The number of likely N-dealkylation sites (tertiary alicyclic amines) is 1. The number of ether oxygens (including phenoxy) is 1. The number of primary amides is 1. The van der Waals surface area contributed by atoms with Crippen LogP contribution in [0.5, 0.6) is 5.75 Å². The first-order valence-corrected chi connectivity index (χ1v) is 18.9. The number of aliphatic hydroxyl groups is 1. The standard InChI is InChI=1S/C39H53FN6O6S.ClH/c1-22-16-27(34(40)31(17-22)52-20-28(41)14-15-32(42)48)8-7-9-33(49)45-36(39(4,5)6)38(51)46-19-29(47)18-30(46)37(50)44-23(2)25-10-12-26(13-11-25)35-24(3)43-21-53-35;/h10-13,16-17,21,23,28-30,36,47H,7-9,14-15,18-20,41H2,1-6H3,(H2,42,48)(H,44,50)(H,45,49);1H/t23-,28-,29+,30-,36+;/m0./s1. The Hall–Kier alpha value is -4.11. The molecule has 0 saturated carbocycles. The number of benzene rings is 2. The van der Waals surface area contributed by atoms with Gasteiger partial charge >= 0.3 is 0 Å². The number of aryl methyl sites for hydroxylation is 3. The summed E-state index contributed by atoms with van der Waals surface area (Å²) in [6.07, 6.45) is 0.163. The van der Waals surface area contributed by atoms with Gasteiger partial charge in [-0.05, 0) is 73.8 Å². The van der Waals surface area contributed by atoms with Crippen molar-refractivity contribution in [2.24, 2.45) is 16.9 Å². The molecule has 4 rings (SSSR count). The molecular formula is C39H54ClFN6O6S. The van der Waals surface area contributed by atoms with Crippen molar-refractivity contribution in [1.82, 2.24) is 20.5 Å². The molecule has 1 aliphatic rings. The first-order chi connectivity index (χ1) is 24.9. The van der Waals surface area contributed by atoms with Crippen molar-refractivity contribution in [1.29, 1.82) is 0 Å². The van der Waals surface area contributed by atoms with E-state index in [1.165, 1.54) is 4.90 Å². The Bertz CT molecular complexity index is 1770. The Morgan fingerprint density at radius 1 is 1.11 bits per heavy atom. The molecule has 12 nitrogen and oxygen atoms in total. The van der Waals surface area contributed by atoms with Crippen LogP contribution >= 0.6 is 23.7 Å². The van der Waals surface area contributed by atoms with Gasteiger partial charge in [-0.2, -0.15) is 0 Å². The Morgan fingerprint density at radius 3 is 2.41 bits per heavy atom. The van der Waals surface area contributed by atoms with Crippen LogP contribution in [0.3, 0.4) is 0 Å². The Balaban J connectivity index is 0.00000784. The van der Waals surface area contributed by atoms with Crippen LogP contribution in [0, 0.1) is 25.1 Å². The number of hydrogen-bond acceptors (Lipinski definition) is 9. The zero-order valence-electron chi connectivity index (χ0n) is 31.8. The first kappa shape index (κ1) is 44.3. The highest BCUT2D eigenvalue weighted by molar-refractivity contribution is 7.13. The fraction of sp³-hybridized carbons (Fsp3) is 0.513. The van der Waals surface area contributed by atoms with Crippen LogP contribution in [-0.4, -0.2) is 76.0 Å². The predicted molar refractivity (Wildman–Crippen MR) is 210 cm³/mol. The number of rotatable bonds is 16. The van der Waals surface area contributed by atoms with Crippen LogP contribution in [-0.2, 0) is 25.6 Å². The molecule has 54 heavy (non-hydrogen) atoms. The zero-order chi connectivity index (χ0) is 39.0. The minimum absolute atomic E-state index is 0. The minimum Gasteiger partial charge on any atom is -0.489 e. The highest BCUT2D eigenvalue weighted by Gasteiger charge is 2.44. The number of nitrogens with zero attached hydrogens (tertiary/aromatic N) is 2. The van der Waals surface area contributed by atoms with Gasteiger partial charge in [-0.3, -0.25) is 19.2 Å². The molecule has 1 fully saturated rings. The van der Waals surface area contributed by atoms with Gasteiger partial charge in [-0.1, -0.05) is 51.1 Å². The minimum atomic E-state index is -0.981. The maximum atomic E-state index is 15.3. The lowest BCUT2D eigenvalue weighted by molar-refractivity contribution is -0.144. The summed E-state index contributed by atoms with van der Waals surface area (Å²) in [5.41, 5.74) is 16.2. The summed E-state index contributed by atoms with van der Waals surface area (Å²) in [7, 11) is 0. The van der Waals surface area contributed by atoms with E-state index in [1.807, 2.05) is 58.9 Å². The lowest BCUT2D eigenvalue weighted by Gasteiger charge is -2.35. The molecule has 4 amide bonds. The molecule has 1 aliphatic heterocycles. The number of carbonyl (C=O) groups excluding carboxylic acids is 4. The second kappa shape index (κ2) is 19.5. The van der Waals surface area contributed by atoms with E-state index in [2.05, 4.69) is 15.6 Å². The molecule has 7 N–H and O–H groups in total. The van der Waals surface area contributed by atoms with Crippen molar-refractivity contribution in [3.63, 3.8) is 0 Å². The first-order valence-electron chi connectivity index (χ1n) is 18.0. The number of aromatic nitrogens is 1. The molecule has 5 atom stereocenters. The Morgan fingerprint density at radius 2 is 1.80 bits per heavy atom. The summed E-state index contributed by atoms with van der Waals surface area (Å²) in [5.74, 6) is -2.22. The monoisotopic (exact) mass is 788 g/mol. The fourth-order valence-corrected chi connectivity index (χ4v) is 7.20. The topological polar surface area (TPSA) is 190 Å². The van der Waals surface area contributed by atoms with E-state index in [0.717, 1.165) is 27.3 Å². The summed E-state index contributed by atoms with van der Waals surface area (Å²) in [4.78, 5) is 58.7. The van der Waals surface area contributed by atoms with Crippen LogP contribution in [0.4, 0.5) is 4.39 Å². The molecule has 1 aromatic heterocycles. The number of hydrogen-bond donors (Lipinski definition) is 5. The van der Waals surface area contributed by atoms with Gasteiger partial charge in [-0.15, -0.1) is 23.7 Å². The van der Waals surface area contributed by atoms with E-state index in [-0.39, 0.29) is 68.9 Å². The molecule has 3 aromatic rings. The van der Waals surface area contributed by atoms with Crippen molar-refractivity contribution in [3.8, 4) is 16.2 Å². The number of aliphatic hydroxyl groups excluding tert-OH is 1. The number of amides is 4. The maximum absolute atomic E-state index is 15.3. The number of nitrogens with one attached hydrogen (secondary N) is 2. The molecule has 15 heteroatoms. The quantitative estimate of drug-likeness (QED) is 0.139. The van der Waals surface area contributed by atoms with Crippen LogP contribution < -0.4 is 26.8 Å². The lowest BCUT2D eigenvalue weighted by atomic mass is 9.85. The van der Waals surface area contributed by atoms with Gasteiger partial charge in [0.15, 0.2) is 11.6 Å². The van der Waals surface area contributed by atoms with Crippen molar-refractivity contribution in [2.45, 2.75) is 110 Å². The smallest absolute Gasteiger partial charge is 0.246 e. The van der Waals surface area contributed by atoms with E-state index in [4.69, 9.17) is 16.2 Å². The predicted octanol–water partition coefficient (Wildman–Crippen LogP) is 4.65. The fourth-order valence-electron chi connectivity index (χ4n) is 6.39. The van der Waals surface area contributed by atoms with Crippen molar-refractivity contribution >= 4 is 47.4 Å². The van der Waals surface area contributed by atoms with Crippen molar-refractivity contribution < 1.29 is 33.4 Å². The summed E-state index contributed by atoms with van der Waals surface area (Å²) in [5, 5.41) is 16.5. The largest absolute Gasteiger partial charge is 0.489 e. The highest BCUT2D eigenvalue weighted by atomic mass is 35.5. The molecular weight excluding hydrogens is 735 g/mol. The van der Waals surface area contributed by atoms with E-state index < -0.39 is 53.2 Å². The van der Waals surface area contributed by atoms with Gasteiger partial charge in [0.1, 0.15) is 18.7 Å². The SMILES string of the molecule is Cc1cc(CCCC(=O)N[C@H](C(=O)N2C[C@H](O)C[C@H]2C(=O)N[C@@H](C)c2ccc(-c3scnc3C)cc2)C(C)(C)C)c(F)c(OC[C@@H](N)CCC(N)=O)c1.Cl. The van der Waals surface area contributed by atoms with Crippen LogP contribution in [0.2, 0.25) is 0 Å². The van der Waals surface area contributed by atoms with Crippen LogP contribution in [0.1, 0.15) is 88.2 Å². The summed E-state index contributed by atoms with van der Waals surface area (Å²) in [6.45, 7) is 11.1. The van der Waals surface area contributed by atoms with Crippen molar-refractivity contribution in [3.05, 3.63) is 70.1 Å². The van der Waals surface area contributed by atoms with E-state index >= 15 is 4.39 Å². The average molecular weight is 789 g/mol. The highest BCUT2D eigenvalue weighted by Crippen LogP contribution is 2.30. The normalized spacial score (nSPS) is 17.2. The van der Waals surface area contributed by atoms with Gasteiger partial charge < -0.3 is 36.8 Å². The van der Waals surface area contributed by atoms with E-state index in [1.54, 1.807) is 35.9 Å². The number of nitrogens with two attached hydrogens (primary N) is 2. The summed E-state index contributed by atoms with van der Waals surface area (Å²) >= 11 is 1.56. The van der Waals surface area contributed by atoms with E-state index in [0.29, 0.717) is 18.4 Å². The average Bonchev–Trinajstić information content (AvgIpc) is 3.71. The molecule has 296 valence electrons. The van der Waals surface area contributed by atoms with Crippen LogP contribution in [0.25, 0.3) is 10.4 Å². The Kier molecular flexibility index (Phi) is 16.0. The zero-order valence-corrected chi connectivity index (χ0v) is 33.5.